The van der Waals surface area contributed by atoms with Crippen molar-refractivity contribution >= 4 is 6.20 Å². The van der Waals surface area contributed by atoms with Gasteiger partial charge in [0.25, 0.3) is 0 Å². The molecular formula is C26H24F5N5O. The van der Waals surface area contributed by atoms with Crippen molar-refractivity contribution in [2.75, 3.05) is 13.7 Å². The van der Waals surface area contributed by atoms with Gasteiger partial charge in [-0.2, -0.15) is 18.3 Å². The van der Waals surface area contributed by atoms with Gasteiger partial charge in [-0.25, -0.2) is 13.8 Å². The molecule has 0 spiro atoms. The molecule has 2 fully saturated rings. The topological polar surface area (TPSA) is 55.5 Å². The van der Waals surface area contributed by atoms with E-state index in [1.165, 1.54) is 19.3 Å². The molecule has 1 unspecified atom stereocenters. The Morgan fingerprint density at radius 3 is 2.62 bits per heavy atom. The Labute approximate surface area is 209 Å². The number of benzene rings is 1. The molecule has 1 saturated carbocycles. The van der Waals surface area contributed by atoms with Crippen molar-refractivity contribution in [2.45, 2.75) is 56.1 Å². The van der Waals surface area contributed by atoms with Gasteiger partial charge in [-0.3, -0.25) is 9.67 Å². The second-order valence-electron chi connectivity index (χ2n) is 9.86. The van der Waals surface area contributed by atoms with Crippen molar-refractivity contribution in [1.82, 2.24) is 19.7 Å². The smallest absolute Gasteiger partial charge is 0.373 e. The van der Waals surface area contributed by atoms with Gasteiger partial charge in [0.15, 0.2) is 0 Å². The summed E-state index contributed by atoms with van der Waals surface area (Å²) in [6.45, 7) is 0.465. The van der Waals surface area contributed by atoms with Crippen LogP contribution in [-0.2, 0) is 4.74 Å². The highest BCUT2D eigenvalue weighted by atomic mass is 19.4. The van der Waals surface area contributed by atoms with Crippen molar-refractivity contribution in [3.8, 4) is 11.3 Å². The second-order valence-corrected chi connectivity index (χ2v) is 9.86. The standard InChI is InChI=1S/C26H24F5N5O/c1-35-12-15-8-21(14-6-7-37-22(9-14)16-11-32-36(13-16)18-3-4-18)33-24(19-5-2-17(27)10-20(19)28)23(15)34-25(35)26(29,30)31/h2,5,8,10-14,18,22,25H,3-4,6-7,9H2,1H3/t14-,22+,25?/m0/s1. The van der Waals surface area contributed by atoms with E-state index in [0.29, 0.717) is 42.5 Å². The van der Waals surface area contributed by atoms with E-state index in [-0.39, 0.29) is 28.6 Å². The summed E-state index contributed by atoms with van der Waals surface area (Å²) < 4.78 is 77.4. The zero-order chi connectivity index (χ0) is 25.9. The van der Waals surface area contributed by atoms with Crippen LogP contribution in [0, 0.1) is 11.6 Å². The average molecular weight is 518 g/mol. The highest BCUT2D eigenvalue weighted by Gasteiger charge is 2.43. The number of fused-ring (bicyclic) bond motifs is 1. The van der Waals surface area contributed by atoms with E-state index in [2.05, 4.69) is 15.1 Å². The van der Waals surface area contributed by atoms with Gasteiger partial charge >= 0.3 is 6.18 Å². The number of halogens is 5. The van der Waals surface area contributed by atoms with Gasteiger partial charge in [-0.1, -0.05) is 0 Å². The van der Waals surface area contributed by atoms with E-state index in [1.54, 1.807) is 6.07 Å². The molecule has 6 rings (SSSR count). The summed E-state index contributed by atoms with van der Waals surface area (Å²) in [5.41, 5.74) is 1.43. The lowest BCUT2D eigenvalue weighted by Crippen LogP contribution is -2.48. The molecule has 3 atom stereocenters. The highest BCUT2D eigenvalue weighted by Crippen LogP contribution is 2.39. The Morgan fingerprint density at radius 2 is 1.89 bits per heavy atom. The maximum absolute atomic E-state index is 14.9. The van der Waals surface area contributed by atoms with E-state index in [0.717, 1.165) is 29.4 Å². The molecule has 37 heavy (non-hydrogen) atoms. The molecular weight excluding hydrogens is 493 g/mol. The third-order valence-electron chi connectivity index (χ3n) is 7.12. The summed E-state index contributed by atoms with van der Waals surface area (Å²) in [6.07, 6.45) is 1.64. The van der Waals surface area contributed by atoms with E-state index in [1.807, 2.05) is 17.1 Å². The second kappa shape index (κ2) is 8.90. The minimum Gasteiger partial charge on any atom is -0.373 e. The third kappa shape index (κ3) is 4.60. The number of aromatic nitrogens is 3. The predicted molar refractivity (Wildman–Crippen MR) is 124 cm³/mol. The normalized spacial score (nSPS) is 23.8. The van der Waals surface area contributed by atoms with Crippen LogP contribution in [0.4, 0.5) is 22.0 Å². The van der Waals surface area contributed by atoms with E-state index >= 15 is 0 Å². The lowest BCUT2D eigenvalue weighted by Gasteiger charge is -2.30. The van der Waals surface area contributed by atoms with Crippen LogP contribution in [0.3, 0.4) is 0 Å². The van der Waals surface area contributed by atoms with Crippen LogP contribution < -0.4 is 10.6 Å². The first-order chi connectivity index (χ1) is 17.7. The van der Waals surface area contributed by atoms with Crippen LogP contribution in [0.25, 0.3) is 17.5 Å². The molecule has 1 aliphatic carbocycles. The van der Waals surface area contributed by atoms with Crippen LogP contribution in [0.1, 0.15) is 55.0 Å². The molecule has 1 saturated heterocycles. The third-order valence-corrected chi connectivity index (χ3v) is 7.12. The molecule has 4 heterocycles. The Bertz CT molecular complexity index is 1460. The van der Waals surface area contributed by atoms with Gasteiger partial charge in [0, 0.05) is 60.1 Å². The van der Waals surface area contributed by atoms with Gasteiger partial charge in [-0.05, 0) is 43.9 Å². The zero-order valence-corrected chi connectivity index (χ0v) is 19.9. The van der Waals surface area contributed by atoms with Crippen LogP contribution in [0.5, 0.6) is 0 Å². The van der Waals surface area contributed by atoms with Crippen molar-refractivity contribution < 1.29 is 26.7 Å². The first-order valence-electron chi connectivity index (χ1n) is 12.2. The Morgan fingerprint density at radius 1 is 1.08 bits per heavy atom. The maximum Gasteiger partial charge on any atom is 0.429 e. The summed E-state index contributed by atoms with van der Waals surface area (Å²) in [4.78, 5) is 9.55. The van der Waals surface area contributed by atoms with Crippen molar-refractivity contribution in [2.24, 2.45) is 4.99 Å². The fraction of sp³-hybridized carbons (Fsp3) is 0.423. The lowest BCUT2D eigenvalue weighted by molar-refractivity contribution is -0.170. The molecule has 1 aromatic carbocycles. The number of nitrogens with zero attached hydrogens (tertiary/aromatic N) is 5. The molecule has 2 aliphatic heterocycles. The first-order valence-corrected chi connectivity index (χ1v) is 12.2. The molecule has 3 aromatic rings. The van der Waals surface area contributed by atoms with Gasteiger partial charge in [0.1, 0.15) is 11.6 Å². The molecule has 6 nitrogen and oxygen atoms in total. The summed E-state index contributed by atoms with van der Waals surface area (Å²) in [7, 11) is 1.30. The van der Waals surface area contributed by atoms with Crippen molar-refractivity contribution in [3.63, 3.8) is 0 Å². The molecule has 0 amide bonds. The van der Waals surface area contributed by atoms with Crippen molar-refractivity contribution in [3.05, 3.63) is 70.1 Å². The number of ether oxygens (including phenoxy) is 1. The Hall–Kier alpha value is -3.34. The minimum absolute atomic E-state index is 0.0341. The monoisotopic (exact) mass is 517 g/mol. The number of rotatable bonds is 4. The van der Waals surface area contributed by atoms with E-state index in [9.17, 15) is 22.0 Å². The predicted octanol–water partition coefficient (Wildman–Crippen LogP) is 4.38. The fourth-order valence-electron chi connectivity index (χ4n) is 5.05. The molecule has 0 bridgehead atoms. The number of pyridine rings is 1. The molecule has 2 aromatic heterocycles. The number of hydrogen-bond acceptors (Lipinski definition) is 5. The Kier molecular flexibility index (Phi) is 5.78. The maximum atomic E-state index is 14.9. The molecule has 0 N–H and O–H groups in total. The Balaban J connectivity index is 1.43. The van der Waals surface area contributed by atoms with Crippen LogP contribution in [0.2, 0.25) is 0 Å². The first kappa shape index (κ1) is 24.0. The summed E-state index contributed by atoms with van der Waals surface area (Å²) in [5, 5.41) is 4.78. The molecule has 11 heteroatoms. The van der Waals surface area contributed by atoms with E-state index in [4.69, 9.17) is 4.74 Å². The SMILES string of the molecule is CN1C=c2cc([C@H]3CCO[C@@H](c4cnn(C5CC5)c4)C3)nc(-c3ccc(F)cc3F)c2=NC1C(F)(F)F. The van der Waals surface area contributed by atoms with Gasteiger partial charge in [-0.15, -0.1) is 0 Å². The van der Waals surface area contributed by atoms with E-state index < -0.39 is 24.0 Å². The van der Waals surface area contributed by atoms with Gasteiger partial charge in [0.05, 0.1) is 29.4 Å². The van der Waals surface area contributed by atoms with Crippen LogP contribution in [-0.4, -0.2) is 45.7 Å². The van der Waals surface area contributed by atoms with Crippen molar-refractivity contribution in [1.29, 1.82) is 0 Å². The van der Waals surface area contributed by atoms with Gasteiger partial charge < -0.3 is 9.64 Å². The minimum atomic E-state index is -4.64. The number of alkyl halides is 3. The lowest BCUT2D eigenvalue weighted by atomic mass is 9.89. The molecule has 194 valence electrons. The largest absolute Gasteiger partial charge is 0.429 e. The summed E-state index contributed by atoms with van der Waals surface area (Å²) in [6, 6.07) is 5.10. The summed E-state index contributed by atoms with van der Waals surface area (Å²) >= 11 is 0. The zero-order valence-electron chi connectivity index (χ0n) is 19.9. The van der Waals surface area contributed by atoms with Crippen LogP contribution >= 0.6 is 0 Å². The van der Waals surface area contributed by atoms with Crippen LogP contribution in [0.15, 0.2) is 41.7 Å². The van der Waals surface area contributed by atoms with Gasteiger partial charge in [0.2, 0.25) is 6.17 Å². The molecule has 3 aliphatic rings. The summed E-state index contributed by atoms with van der Waals surface area (Å²) in [5.74, 6) is -1.79. The number of hydrogen-bond donors (Lipinski definition) is 0. The highest BCUT2D eigenvalue weighted by molar-refractivity contribution is 5.60. The average Bonchev–Trinajstić information content (AvgIpc) is 3.58. The quantitative estimate of drug-likeness (QED) is 0.482. The molecule has 0 radical (unpaired) electrons. The fourth-order valence-corrected chi connectivity index (χ4v) is 5.05.